The largest absolute Gasteiger partial charge is 0.354 e. The van der Waals surface area contributed by atoms with Crippen molar-refractivity contribution in [2.24, 2.45) is 5.92 Å². The molecule has 1 aromatic rings. The summed E-state index contributed by atoms with van der Waals surface area (Å²) >= 11 is 1.80. The van der Waals surface area contributed by atoms with E-state index in [1.165, 1.54) is 32.1 Å². The Kier molecular flexibility index (Phi) is 7.62. The Labute approximate surface area is 167 Å². The lowest BCUT2D eigenvalue weighted by Crippen LogP contribution is -2.51. The fraction of sp³-hybridized carbons (Fsp3) is 0.636. The second kappa shape index (κ2) is 10.2. The number of carbonyl (C=O) groups is 2. The first-order chi connectivity index (χ1) is 13.2. The van der Waals surface area contributed by atoms with Crippen molar-refractivity contribution < 1.29 is 9.59 Å². The van der Waals surface area contributed by atoms with Gasteiger partial charge in [-0.15, -0.1) is 11.8 Å². The molecule has 5 heteroatoms. The highest BCUT2D eigenvalue weighted by atomic mass is 32.2. The third-order valence-corrected chi connectivity index (χ3v) is 7.19. The zero-order valence-electron chi connectivity index (χ0n) is 16.4. The molecule has 2 aliphatic rings. The molecular weight excluding hydrogens is 356 g/mol. The van der Waals surface area contributed by atoms with Gasteiger partial charge in [-0.3, -0.25) is 9.59 Å². The van der Waals surface area contributed by atoms with Crippen molar-refractivity contribution in [2.45, 2.75) is 69.7 Å². The molecule has 148 valence electrons. The van der Waals surface area contributed by atoms with E-state index in [4.69, 9.17) is 0 Å². The van der Waals surface area contributed by atoms with E-state index in [2.05, 4.69) is 12.2 Å². The number of hydrogen-bond donors (Lipinski definition) is 1. The summed E-state index contributed by atoms with van der Waals surface area (Å²) in [6, 6.07) is 9.08. The van der Waals surface area contributed by atoms with Crippen LogP contribution < -0.4 is 5.32 Å². The minimum atomic E-state index is -0.351. The molecule has 2 unspecified atom stereocenters. The number of amides is 2. The lowest BCUT2D eigenvalue weighted by molar-refractivity contribution is -0.125. The van der Waals surface area contributed by atoms with Gasteiger partial charge in [-0.25, -0.2) is 0 Å². The van der Waals surface area contributed by atoms with E-state index in [-0.39, 0.29) is 23.2 Å². The summed E-state index contributed by atoms with van der Waals surface area (Å²) in [6.07, 6.45) is 9.37. The van der Waals surface area contributed by atoms with E-state index in [1.54, 1.807) is 11.8 Å². The molecule has 3 rings (SSSR count). The van der Waals surface area contributed by atoms with Crippen molar-refractivity contribution in [1.29, 1.82) is 0 Å². The Hall–Kier alpha value is -1.49. The van der Waals surface area contributed by atoms with Crippen LogP contribution in [0.1, 0.15) is 68.6 Å². The van der Waals surface area contributed by atoms with Crippen LogP contribution in [-0.4, -0.2) is 40.4 Å². The molecule has 2 amide bonds. The van der Waals surface area contributed by atoms with E-state index in [9.17, 15) is 9.59 Å². The van der Waals surface area contributed by atoms with E-state index >= 15 is 0 Å². The van der Waals surface area contributed by atoms with Gasteiger partial charge in [0.15, 0.2) is 0 Å². The van der Waals surface area contributed by atoms with Crippen LogP contribution in [0.2, 0.25) is 0 Å². The third kappa shape index (κ3) is 5.07. The molecule has 1 saturated heterocycles. The van der Waals surface area contributed by atoms with Gasteiger partial charge in [0.05, 0.1) is 5.37 Å². The number of carbonyl (C=O) groups excluding carboxylic acids is 2. The summed E-state index contributed by atoms with van der Waals surface area (Å²) in [7, 11) is 0. The summed E-state index contributed by atoms with van der Waals surface area (Å²) in [5.74, 6) is 1.24. The predicted octanol–water partition coefficient (Wildman–Crippen LogP) is 4.46. The molecule has 1 saturated carbocycles. The normalized spacial score (nSPS) is 23.4. The monoisotopic (exact) mass is 388 g/mol. The number of thioether (sulfide) groups is 1. The Bertz CT molecular complexity index is 616. The Balaban J connectivity index is 1.75. The van der Waals surface area contributed by atoms with Gasteiger partial charge >= 0.3 is 0 Å². The van der Waals surface area contributed by atoms with Crippen LogP contribution in [-0.2, 0) is 4.79 Å². The highest BCUT2D eigenvalue weighted by Crippen LogP contribution is 2.41. The minimum Gasteiger partial charge on any atom is -0.354 e. The molecule has 2 atom stereocenters. The van der Waals surface area contributed by atoms with Crippen LogP contribution in [0.4, 0.5) is 0 Å². The lowest BCUT2D eigenvalue weighted by Gasteiger charge is -2.35. The van der Waals surface area contributed by atoms with Crippen LogP contribution in [0, 0.1) is 5.92 Å². The van der Waals surface area contributed by atoms with Gasteiger partial charge in [0.25, 0.3) is 5.91 Å². The van der Waals surface area contributed by atoms with Crippen LogP contribution in [0.15, 0.2) is 30.3 Å². The average molecular weight is 389 g/mol. The summed E-state index contributed by atoms with van der Waals surface area (Å²) in [6.45, 7) is 2.86. The molecule has 1 aliphatic carbocycles. The van der Waals surface area contributed by atoms with Crippen LogP contribution in [0.3, 0.4) is 0 Å². The van der Waals surface area contributed by atoms with E-state index in [0.29, 0.717) is 23.8 Å². The SMILES string of the molecule is CCCCCNC(=O)C1CSC(C2CCCCC2)N1C(=O)c1ccccc1. The maximum Gasteiger partial charge on any atom is 0.255 e. The summed E-state index contributed by atoms with van der Waals surface area (Å²) < 4.78 is 0. The molecule has 4 nitrogen and oxygen atoms in total. The Morgan fingerprint density at radius 1 is 1.11 bits per heavy atom. The van der Waals surface area contributed by atoms with Crippen molar-refractivity contribution in [2.75, 3.05) is 12.3 Å². The number of benzene rings is 1. The van der Waals surface area contributed by atoms with Gasteiger partial charge in [0.1, 0.15) is 6.04 Å². The lowest BCUT2D eigenvalue weighted by atomic mass is 9.88. The van der Waals surface area contributed by atoms with Crippen LogP contribution in [0.5, 0.6) is 0 Å². The molecule has 1 N–H and O–H groups in total. The number of nitrogens with zero attached hydrogens (tertiary/aromatic N) is 1. The van der Waals surface area contributed by atoms with Crippen LogP contribution in [0.25, 0.3) is 0 Å². The molecule has 1 aromatic carbocycles. The van der Waals surface area contributed by atoms with Crippen LogP contribution >= 0.6 is 11.8 Å². The molecule has 1 heterocycles. The van der Waals surface area contributed by atoms with Crippen molar-refractivity contribution in [3.05, 3.63) is 35.9 Å². The predicted molar refractivity (Wildman–Crippen MR) is 112 cm³/mol. The first-order valence-electron chi connectivity index (χ1n) is 10.5. The number of hydrogen-bond acceptors (Lipinski definition) is 3. The molecule has 0 bridgehead atoms. The molecule has 1 aliphatic heterocycles. The maximum atomic E-state index is 13.3. The number of nitrogens with one attached hydrogen (secondary N) is 1. The van der Waals surface area contributed by atoms with E-state index < -0.39 is 0 Å². The van der Waals surface area contributed by atoms with Gasteiger partial charge in [0, 0.05) is 17.9 Å². The molecule has 0 aromatic heterocycles. The highest BCUT2D eigenvalue weighted by Gasteiger charge is 2.44. The topological polar surface area (TPSA) is 49.4 Å². The van der Waals surface area contributed by atoms with Crippen molar-refractivity contribution in [3.63, 3.8) is 0 Å². The van der Waals surface area contributed by atoms with Gasteiger partial charge in [-0.05, 0) is 37.3 Å². The van der Waals surface area contributed by atoms with Gasteiger partial charge in [-0.2, -0.15) is 0 Å². The molecule has 0 radical (unpaired) electrons. The highest BCUT2D eigenvalue weighted by molar-refractivity contribution is 8.00. The van der Waals surface area contributed by atoms with Crippen molar-refractivity contribution in [1.82, 2.24) is 10.2 Å². The molecular formula is C22H32N2O2S. The summed E-state index contributed by atoms with van der Waals surface area (Å²) in [5, 5.41) is 3.20. The summed E-state index contributed by atoms with van der Waals surface area (Å²) in [5.41, 5.74) is 0.685. The molecule has 2 fully saturated rings. The minimum absolute atomic E-state index is 0.00452. The number of rotatable bonds is 7. The average Bonchev–Trinajstić information content (AvgIpc) is 3.17. The molecule has 0 spiro atoms. The van der Waals surface area contributed by atoms with Crippen molar-refractivity contribution in [3.8, 4) is 0 Å². The Morgan fingerprint density at radius 3 is 2.56 bits per heavy atom. The van der Waals surface area contributed by atoms with Gasteiger partial charge < -0.3 is 10.2 Å². The van der Waals surface area contributed by atoms with Crippen molar-refractivity contribution >= 4 is 23.6 Å². The molecule has 27 heavy (non-hydrogen) atoms. The first kappa shape index (κ1) is 20.2. The standard InChI is InChI=1S/C22H32N2O2S/c1-2-3-10-15-23-20(25)19-16-27-22(18-13-8-5-9-14-18)24(19)21(26)17-11-6-4-7-12-17/h4,6-7,11-12,18-19,22H,2-3,5,8-10,13-16H2,1H3,(H,23,25). The zero-order valence-corrected chi connectivity index (χ0v) is 17.2. The smallest absolute Gasteiger partial charge is 0.255 e. The second-order valence-corrected chi connectivity index (χ2v) is 8.86. The van der Waals surface area contributed by atoms with E-state index in [1.807, 2.05) is 35.2 Å². The van der Waals surface area contributed by atoms with Gasteiger partial charge in [0.2, 0.25) is 5.91 Å². The Morgan fingerprint density at radius 2 is 1.85 bits per heavy atom. The number of unbranched alkanes of at least 4 members (excludes halogenated alkanes) is 2. The summed E-state index contributed by atoms with van der Waals surface area (Å²) in [4.78, 5) is 28.1. The van der Waals surface area contributed by atoms with E-state index in [0.717, 1.165) is 19.3 Å². The van der Waals surface area contributed by atoms with Gasteiger partial charge in [-0.1, -0.05) is 57.2 Å². The second-order valence-electron chi connectivity index (χ2n) is 7.71. The fourth-order valence-corrected chi connectivity index (χ4v) is 5.84. The fourth-order valence-electron chi connectivity index (χ4n) is 4.20. The third-order valence-electron chi connectivity index (χ3n) is 5.73. The zero-order chi connectivity index (χ0) is 19.1. The quantitative estimate of drug-likeness (QED) is 0.702. The first-order valence-corrected chi connectivity index (χ1v) is 11.5. The maximum absolute atomic E-state index is 13.3.